The number of nitrogens with one attached hydrogen (secondary N) is 1. The first kappa shape index (κ1) is 25.3. The molecule has 0 bridgehead atoms. The molecule has 1 unspecified atom stereocenters. The van der Waals surface area contributed by atoms with Gasteiger partial charge in [-0.05, 0) is 55.7 Å². The van der Waals surface area contributed by atoms with Crippen molar-refractivity contribution in [3.8, 4) is 16.9 Å². The largest absolute Gasteiger partial charge is 0.366 e. The molecule has 1 amide bonds. The standard InChI is InChI=1S/C28H28F2N6O3/c29-23-12-20-11-22(27(37)31-25(20)13-24(23)30)26-15-36(33-32-26)21-5-3-19(4-6-21)28(38)35-10-7-18(14-35)16-39-17-34-8-1-2-9-34/h3-6,11-13,15,18H,1-2,7-10,14,16-17H2,(H,31,37). The molecule has 0 spiro atoms. The zero-order valence-corrected chi connectivity index (χ0v) is 21.3. The Bertz CT molecular complexity index is 1560. The number of likely N-dealkylation sites (tertiary alicyclic amines) is 2. The molecule has 1 atom stereocenters. The number of aromatic nitrogens is 4. The van der Waals surface area contributed by atoms with E-state index in [9.17, 15) is 18.4 Å². The molecule has 202 valence electrons. The molecular formula is C28H28F2N6O3. The molecule has 2 aliphatic rings. The smallest absolute Gasteiger partial charge is 0.258 e. The average Bonchev–Trinajstić information content (AvgIpc) is 3.72. The molecule has 6 rings (SSSR count). The Morgan fingerprint density at radius 1 is 1.05 bits per heavy atom. The number of hydrogen-bond donors (Lipinski definition) is 1. The van der Waals surface area contributed by atoms with E-state index in [1.54, 1.807) is 30.5 Å². The maximum atomic E-state index is 13.7. The first-order chi connectivity index (χ1) is 18.9. The van der Waals surface area contributed by atoms with Gasteiger partial charge < -0.3 is 14.6 Å². The summed E-state index contributed by atoms with van der Waals surface area (Å²) in [6.07, 6.45) is 4.98. The summed E-state index contributed by atoms with van der Waals surface area (Å²) in [5.41, 5.74) is 1.39. The second-order valence-corrected chi connectivity index (χ2v) is 10.2. The highest BCUT2D eigenvalue weighted by molar-refractivity contribution is 5.94. The second kappa shape index (κ2) is 10.7. The number of rotatable bonds is 7. The molecule has 2 aromatic heterocycles. The molecule has 0 saturated carbocycles. The average molecular weight is 535 g/mol. The summed E-state index contributed by atoms with van der Waals surface area (Å²) in [6.45, 7) is 4.94. The summed E-state index contributed by atoms with van der Waals surface area (Å²) in [5, 5.41) is 8.52. The van der Waals surface area contributed by atoms with Crippen LogP contribution in [0.4, 0.5) is 8.78 Å². The fourth-order valence-corrected chi connectivity index (χ4v) is 5.26. The minimum Gasteiger partial charge on any atom is -0.366 e. The minimum atomic E-state index is -1.04. The molecule has 2 fully saturated rings. The van der Waals surface area contributed by atoms with Crippen molar-refractivity contribution in [3.63, 3.8) is 0 Å². The quantitative estimate of drug-likeness (QED) is 0.389. The van der Waals surface area contributed by atoms with Crippen molar-refractivity contribution >= 4 is 16.8 Å². The summed E-state index contributed by atoms with van der Waals surface area (Å²) in [6, 6.07) is 10.4. The lowest BCUT2D eigenvalue weighted by atomic mass is 10.1. The lowest BCUT2D eigenvalue weighted by Gasteiger charge is -2.18. The molecule has 4 aromatic rings. The molecule has 2 saturated heterocycles. The second-order valence-electron chi connectivity index (χ2n) is 10.2. The number of ether oxygens (including phenoxy) is 1. The number of fused-ring (bicyclic) bond motifs is 1. The van der Waals surface area contributed by atoms with Gasteiger partial charge in [-0.3, -0.25) is 14.5 Å². The van der Waals surface area contributed by atoms with Gasteiger partial charge in [-0.1, -0.05) is 5.21 Å². The van der Waals surface area contributed by atoms with Crippen LogP contribution in [-0.4, -0.2) is 75.2 Å². The highest BCUT2D eigenvalue weighted by atomic mass is 19.2. The fraction of sp³-hybridized carbons (Fsp3) is 0.357. The highest BCUT2D eigenvalue weighted by Crippen LogP contribution is 2.23. The van der Waals surface area contributed by atoms with Crippen LogP contribution in [0.1, 0.15) is 29.6 Å². The van der Waals surface area contributed by atoms with E-state index >= 15 is 0 Å². The van der Waals surface area contributed by atoms with Crippen LogP contribution in [0, 0.1) is 17.6 Å². The van der Waals surface area contributed by atoms with E-state index in [0.717, 1.165) is 31.6 Å². The predicted octanol–water partition coefficient (Wildman–Crippen LogP) is 3.59. The monoisotopic (exact) mass is 534 g/mol. The van der Waals surface area contributed by atoms with Crippen molar-refractivity contribution < 1.29 is 18.3 Å². The van der Waals surface area contributed by atoms with Crippen LogP contribution in [0.3, 0.4) is 0 Å². The maximum Gasteiger partial charge on any atom is 0.258 e. The van der Waals surface area contributed by atoms with Gasteiger partial charge in [0.1, 0.15) is 5.69 Å². The highest BCUT2D eigenvalue weighted by Gasteiger charge is 2.27. The van der Waals surface area contributed by atoms with E-state index in [1.165, 1.54) is 23.6 Å². The molecule has 2 aliphatic heterocycles. The number of hydrogen-bond acceptors (Lipinski definition) is 6. The molecule has 11 heteroatoms. The van der Waals surface area contributed by atoms with Crippen LogP contribution in [0.2, 0.25) is 0 Å². The molecule has 0 aliphatic carbocycles. The Labute approximate surface area is 223 Å². The number of pyridine rings is 1. The predicted molar refractivity (Wildman–Crippen MR) is 140 cm³/mol. The molecule has 1 N–H and O–H groups in total. The van der Waals surface area contributed by atoms with Gasteiger partial charge in [0, 0.05) is 49.1 Å². The van der Waals surface area contributed by atoms with Crippen molar-refractivity contribution in [3.05, 3.63) is 76.2 Å². The third-order valence-electron chi connectivity index (χ3n) is 7.43. The Hall–Kier alpha value is -3.96. The van der Waals surface area contributed by atoms with Gasteiger partial charge >= 0.3 is 0 Å². The van der Waals surface area contributed by atoms with E-state index in [4.69, 9.17) is 4.74 Å². The number of benzene rings is 2. The van der Waals surface area contributed by atoms with E-state index in [0.29, 0.717) is 49.0 Å². The van der Waals surface area contributed by atoms with Crippen LogP contribution in [-0.2, 0) is 4.74 Å². The van der Waals surface area contributed by atoms with Crippen LogP contribution in [0.15, 0.2) is 53.5 Å². The topological polar surface area (TPSA) is 96.3 Å². The van der Waals surface area contributed by atoms with Crippen LogP contribution >= 0.6 is 0 Å². The van der Waals surface area contributed by atoms with Crippen molar-refractivity contribution in [2.45, 2.75) is 19.3 Å². The summed E-state index contributed by atoms with van der Waals surface area (Å²) in [4.78, 5) is 32.4. The van der Waals surface area contributed by atoms with E-state index < -0.39 is 17.2 Å². The van der Waals surface area contributed by atoms with Crippen LogP contribution < -0.4 is 5.56 Å². The third-order valence-corrected chi connectivity index (χ3v) is 7.43. The van der Waals surface area contributed by atoms with Crippen molar-refractivity contribution in [1.82, 2.24) is 29.8 Å². The van der Waals surface area contributed by atoms with Gasteiger partial charge in [0.15, 0.2) is 11.6 Å². The van der Waals surface area contributed by atoms with Gasteiger partial charge in [0.05, 0.1) is 36.3 Å². The van der Waals surface area contributed by atoms with Crippen molar-refractivity contribution in [2.24, 2.45) is 5.92 Å². The first-order valence-corrected chi connectivity index (χ1v) is 13.1. The number of H-pyrrole nitrogens is 1. The van der Waals surface area contributed by atoms with E-state index in [-0.39, 0.29) is 22.7 Å². The van der Waals surface area contributed by atoms with Gasteiger partial charge in [-0.25, -0.2) is 13.5 Å². The van der Waals surface area contributed by atoms with Gasteiger partial charge in [0.2, 0.25) is 0 Å². The third kappa shape index (κ3) is 5.32. The summed E-state index contributed by atoms with van der Waals surface area (Å²) in [5.74, 6) is -1.72. The number of halogens is 2. The van der Waals surface area contributed by atoms with Gasteiger partial charge in [-0.15, -0.1) is 5.10 Å². The zero-order valence-electron chi connectivity index (χ0n) is 21.3. The molecule has 2 aromatic carbocycles. The minimum absolute atomic E-state index is 0.0192. The molecule has 39 heavy (non-hydrogen) atoms. The lowest BCUT2D eigenvalue weighted by molar-refractivity contribution is 0.0233. The van der Waals surface area contributed by atoms with E-state index in [1.807, 2.05) is 4.90 Å². The number of nitrogens with zero attached hydrogens (tertiary/aromatic N) is 5. The Morgan fingerprint density at radius 3 is 2.62 bits per heavy atom. The summed E-state index contributed by atoms with van der Waals surface area (Å²) >= 11 is 0. The van der Waals surface area contributed by atoms with E-state index in [2.05, 4.69) is 20.2 Å². The Kier molecular flexibility index (Phi) is 6.92. The fourth-order valence-electron chi connectivity index (χ4n) is 5.26. The van der Waals surface area contributed by atoms with Crippen LogP contribution in [0.25, 0.3) is 27.8 Å². The number of carbonyl (C=O) groups is 1. The molecule has 4 heterocycles. The molecule has 0 radical (unpaired) electrons. The first-order valence-electron chi connectivity index (χ1n) is 13.1. The van der Waals surface area contributed by atoms with Gasteiger partial charge in [0.25, 0.3) is 11.5 Å². The molecular weight excluding hydrogens is 506 g/mol. The SMILES string of the molecule is O=C(c1ccc(-n2cc(-c3cc4cc(F)c(F)cc4[nH]c3=O)nn2)cc1)N1CCC(COCN2CCCC2)C1. The number of aromatic amines is 1. The number of carbonyl (C=O) groups excluding carboxylic acids is 1. The summed E-state index contributed by atoms with van der Waals surface area (Å²) < 4.78 is 34.6. The normalized spacial score (nSPS) is 17.9. The van der Waals surface area contributed by atoms with Crippen molar-refractivity contribution in [2.75, 3.05) is 39.5 Å². The zero-order chi connectivity index (χ0) is 26.9. The summed E-state index contributed by atoms with van der Waals surface area (Å²) in [7, 11) is 0. The lowest BCUT2D eigenvalue weighted by Crippen LogP contribution is -2.30. The Balaban J connectivity index is 1.10. The molecule has 9 nitrogen and oxygen atoms in total. The van der Waals surface area contributed by atoms with Gasteiger partial charge in [-0.2, -0.15) is 0 Å². The van der Waals surface area contributed by atoms with Crippen LogP contribution in [0.5, 0.6) is 0 Å². The van der Waals surface area contributed by atoms with Crippen molar-refractivity contribution in [1.29, 1.82) is 0 Å². The number of amides is 1. The Morgan fingerprint density at radius 2 is 1.82 bits per heavy atom. The maximum absolute atomic E-state index is 13.7.